The molecule has 1 aromatic rings. The van der Waals surface area contributed by atoms with Crippen molar-refractivity contribution in [3.8, 4) is 11.5 Å². The molecule has 0 aromatic heterocycles. The fourth-order valence-corrected chi connectivity index (χ4v) is 3.02. The van der Waals surface area contributed by atoms with Gasteiger partial charge in [0, 0.05) is 18.2 Å². The molecule has 0 radical (unpaired) electrons. The van der Waals surface area contributed by atoms with E-state index in [1.54, 1.807) is 0 Å². The van der Waals surface area contributed by atoms with Crippen molar-refractivity contribution in [3.05, 3.63) is 23.3 Å². The second-order valence-corrected chi connectivity index (χ2v) is 4.90. The zero-order chi connectivity index (χ0) is 13.4. The van der Waals surface area contributed by atoms with E-state index in [0.717, 1.165) is 30.8 Å². The number of ether oxygens (including phenoxy) is 2. The average molecular weight is 263 g/mol. The topological polar surface area (TPSA) is 59.0 Å². The van der Waals surface area contributed by atoms with Gasteiger partial charge in [-0.2, -0.15) is 0 Å². The minimum absolute atomic E-state index is 0.0652. The van der Waals surface area contributed by atoms with Crippen molar-refractivity contribution in [1.82, 2.24) is 4.90 Å². The van der Waals surface area contributed by atoms with Crippen LogP contribution in [-0.2, 0) is 12.8 Å². The van der Waals surface area contributed by atoms with Crippen LogP contribution in [0.4, 0.5) is 4.79 Å². The van der Waals surface area contributed by atoms with Crippen molar-refractivity contribution in [2.75, 3.05) is 13.3 Å². The van der Waals surface area contributed by atoms with E-state index in [1.165, 1.54) is 16.0 Å². The van der Waals surface area contributed by atoms with Gasteiger partial charge in [0.1, 0.15) is 0 Å². The van der Waals surface area contributed by atoms with Gasteiger partial charge in [0.15, 0.2) is 11.5 Å². The first-order chi connectivity index (χ1) is 9.20. The van der Waals surface area contributed by atoms with E-state index in [0.29, 0.717) is 6.54 Å². The van der Waals surface area contributed by atoms with Crippen molar-refractivity contribution in [3.63, 3.8) is 0 Å². The average Bonchev–Trinajstić information content (AvgIpc) is 2.87. The maximum absolute atomic E-state index is 11.2. The van der Waals surface area contributed by atoms with Crippen LogP contribution in [0.5, 0.6) is 11.5 Å². The molecule has 3 rings (SSSR count). The Morgan fingerprint density at radius 3 is 3.05 bits per heavy atom. The zero-order valence-corrected chi connectivity index (χ0v) is 10.9. The first-order valence-corrected chi connectivity index (χ1v) is 6.60. The van der Waals surface area contributed by atoms with Crippen molar-refractivity contribution >= 4 is 6.09 Å². The van der Waals surface area contributed by atoms with Gasteiger partial charge in [-0.1, -0.05) is 6.07 Å². The van der Waals surface area contributed by atoms with Gasteiger partial charge >= 0.3 is 6.09 Å². The van der Waals surface area contributed by atoms with Gasteiger partial charge in [0.2, 0.25) is 6.79 Å². The first-order valence-electron chi connectivity index (χ1n) is 6.60. The van der Waals surface area contributed by atoms with Crippen molar-refractivity contribution in [2.24, 2.45) is 0 Å². The third-order valence-electron chi connectivity index (χ3n) is 3.95. The fourth-order valence-electron chi connectivity index (χ4n) is 3.02. The maximum atomic E-state index is 11.2. The summed E-state index contributed by atoms with van der Waals surface area (Å²) in [4.78, 5) is 12.7. The highest BCUT2D eigenvalue weighted by Gasteiger charge is 2.30. The number of rotatable bonds is 2. The summed E-state index contributed by atoms with van der Waals surface area (Å²) in [6, 6.07) is 4.01. The Bertz CT molecular complexity index is 514. The second-order valence-electron chi connectivity index (χ2n) is 4.90. The van der Waals surface area contributed by atoms with Gasteiger partial charge in [-0.3, -0.25) is 0 Å². The Morgan fingerprint density at radius 1 is 1.47 bits per heavy atom. The molecule has 0 fully saturated rings. The number of likely N-dealkylation sites (N-methyl/N-ethyl adjacent to an activating group) is 1. The molecular formula is C14H17NO4. The normalized spacial score (nSPS) is 19.9. The predicted molar refractivity (Wildman–Crippen MR) is 68.8 cm³/mol. The van der Waals surface area contributed by atoms with Crippen molar-refractivity contribution < 1.29 is 19.4 Å². The van der Waals surface area contributed by atoms with Gasteiger partial charge < -0.3 is 19.5 Å². The molecule has 0 saturated heterocycles. The van der Waals surface area contributed by atoms with Gasteiger partial charge in [-0.15, -0.1) is 0 Å². The zero-order valence-electron chi connectivity index (χ0n) is 10.9. The van der Waals surface area contributed by atoms with E-state index < -0.39 is 6.09 Å². The Balaban J connectivity index is 1.87. The van der Waals surface area contributed by atoms with Gasteiger partial charge in [-0.05, 0) is 37.8 Å². The van der Waals surface area contributed by atoms with E-state index in [9.17, 15) is 9.90 Å². The molecule has 0 saturated carbocycles. The largest absolute Gasteiger partial charge is 0.465 e. The first kappa shape index (κ1) is 12.1. The van der Waals surface area contributed by atoms with E-state index in [1.807, 2.05) is 19.1 Å². The molecule has 5 nitrogen and oxygen atoms in total. The van der Waals surface area contributed by atoms with E-state index in [4.69, 9.17) is 9.47 Å². The summed E-state index contributed by atoms with van der Waals surface area (Å²) >= 11 is 0. The molecule has 1 aliphatic carbocycles. The molecule has 1 aromatic carbocycles. The van der Waals surface area contributed by atoms with Crippen LogP contribution in [-0.4, -0.2) is 35.5 Å². The van der Waals surface area contributed by atoms with E-state index in [-0.39, 0.29) is 12.8 Å². The highest BCUT2D eigenvalue weighted by molar-refractivity contribution is 5.65. The molecule has 1 aliphatic heterocycles. The van der Waals surface area contributed by atoms with Gasteiger partial charge in [0.05, 0.1) is 0 Å². The number of carboxylic acid groups (broad SMARTS) is 1. The van der Waals surface area contributed by atoms with Crippen LogP contribution in [0.3, 0.4) is 0 Å². The van der Waals surface area contributed by atoms with Gasteiger partial charge in [-0.25, -0.2) is 4.79 Å². The summed E-state index contributed by atoms with van der Waals surface area (Å²) in [6.07, 6.45) is 1.60. The molecule has 0 spiro atoms. The molecule has 1 heterocycles. The van der Waals surface area contributed by atoms with E-state index in [2.05, 4.69) is 0 Å². The van der Waals surface area contributed by atoms with Crippen LogP contribution < -0.4 is 9.47 Å². The number of carbonyl (C=O) groups is 1. The van der Waals surface area contributed by atoms with Crippen LogP contribution in [0.2, 0.25) is 0 Å². The number of fused-ring (bicyclic) bond motifs is 3. The standard InChI is InChI=1S/C14H17NO4/c1-2-15(14(16)17)10-4-5-11-9(7-10)3-6-12-13(11)19-8-18-12/h3,6,10H,2,4-5,7-8H2,1H3,(H,16,17). The predicted octanol–water partition coefficient (Wildman–Crippen LogP) is 2.27. The minimum Gasteiger partial charge on any atom is -0.465 e. The third-order valence-corrected chi connectivity index (χ3v) is 3.95. The quantitative estimate of drug-likeness (QED) is 0.889. The second kappa shape index (κ2) is 4.64. The molecule has 19 heavy (non-hydrogen) atoms. The molecule has 0 bridgehead atoms. The smallest absolute Gasteiger partial charge is 0.407 e. The summed E-state index contributed by atoms with van der Waals surface area (Å²) in [7, 11) is 0. The Hall–Kier alpha value is -1.91. The van der Waals surface area contributed by atoms with E-state index >= 15 is 0 Å². The third kappa shape index (κ3) is 1.99. The lowest BCUT2D eigenvalue weighted by Crippen LogP contribution is -2.42. The highest BCUT2D eigenvalue weighted by atomic mass is 16.7. The molecular weight excluding hydrogens is 246 g/mol. The summed E-state index contributed by atoms with van der Waals surface area (Å²) in [5.74, 6) is 1.66. The van der Waals surface area contributed by atoms with Crippen LogP contribution in [0.1, 0.15) is 24.5 Å². The van der Waals surface area contributed by atoms with Crippen molar-refractivity contribution in [1.29, 1.82) is 0 Å². The number of hydrogen-bond donors (Lipinski definition) is 1. The molecule has 5 heteroatoms. The molecule has 1 N–H and O–H groups in total. The summed E-state index contributed by atoms with van der Waals surface area (Å²) in [5, 5.41) is 9.21. The molecule has 1 atom stereocenters. The maximum Gasteiger partial charge on any atom is 0.407 e. The molecule has 1 amide bonds. The minimum atomic E-state index is -0.836. The monoisotopic (exact) mass is 263 g/mol. The Morgan fingerprint density at radius 2 is 2.32 bits per heavy atom. The van der Waals surface area contributed by atoms with Crippen molar-refractivity contribution in [2.45, 2.75) is 32.2 Å². The van der Waals surface area contributed by atoms with Crippen LogP contribution in [0.25, 0.3) is 0 Å². The van der Waals surface area contributed by atoms with Crippen LogP contribution in [0, 0.1) is 0 Å². The van der Waals surface area contributed by atoms with Crippen LogP contribution >= 0.6 is 0 Å². The number of nitrogens with zero attached hydrogens (tertiary/aromatic N) is 1. The Kier molecular flexibility index (Phi) is 2.97. The molecule has 1 unspecified atom stereocenters. The highest BCUT2D eigenvalue weighted by Crippen LogP contribution is 2.41. The number of amides is 1. The lowest BCUT2D eigenvalue weighted by Gasteiger charge is -2.32. The summed E-state index contributed by atoms with van der Waals surface area (Å²) < 4.78 is 10.9. The fraction of sp³-hybridized carbons (Fsp3) is 0.500. The molecule has 102 valence electrons. The van der Waals surface area contributed by atoms with Gasteiger partial charge in [0.25, 0.3) is 0 Å². The number of benzene rings is 1. The van der Waals surface area contributed by atoms with Crippen LogP contribution in [0.15, 0.2) is 12.1 Å². The Labute approximate surface area is 111 Å². The lowest BCUT2D eigenvalue weighted by atomic mass is 9.86. The number of hydrogen-bond acceptors (Lipinski definition) is 3. The molecule has 2 aliphatic rings. The lowest BCUT2D eigenvalue weighted by molar-refractivity contribution is 0.122. The summed E-state index contributed by atoms with van der Waals surface area (Å²) in [5.41, 5.74) is 2.37. The SMILES string of the molecule is CCN(C(=O)O)C1CCc2c(ccc3c2OCO3)C1. The summed E-state index contributed by atoms with van der Waals surface area (Å²) in [6.45, 7) is 2.69.